The average molecular weight is 358 g/mol. The Morgan fingerprint density at radius 3 is 2.27 bits per heavy atom. The molecule has 0 spiro atoms. The van der Waals surface area contributed by atoms with Gasteiger partial charge in [-0.3, -0.25) is 14.4 Å². The molecule has 0 aromatic heterocycles. The first-order valence-corrected chi connectivity index (χ1v) is 7.91. The first-order valence-electron chi connectivity index (χ1n) is 7.91. The summed E-state index contributed by atoms with van der Waals surface area (Å²) in [4.78, 5) is 34.5. The highest BCUT2D eigenvalue weighted by Crippen LogP contribution is 2.13. The highest BCUT2D eigenvalue weighted by atomic mass is 19.1. The molecule has 2 aromatic carbocycles. The van der Waals surface area contributed by atoms with E-state index < -0.39 is 24.3 Å². The second kappa shape index (κ2) is 8.75. The first kappa shape index (κ1) is 19.1. The Morgan fingerprint density at radius 1 is 1.00 bits per heavy atom. The highest BCUT2D eigenvalue weighted by Gasteiger charge is 2.10. The predicted molar refractivity (Wildman–Crippen MR) is 95.2 cm³/mol. The van der Waals surface area contributed by atoms with Crippen LogP contribution in [0.15, 0.2) is 42.5 Å². The van der Waals surface area contributed by atoms with E-state index in [2.05, 4.69) is 10.6 Å². The van der Waals surface area contributed by atoms with E-state index in [1.165, 1.54) is 13.0 Å². The fourth-order valence-corrected chi connectivity index (χ4v) is 2.14. The Balaban J connectivity index is 1.79. The van der Waals surface area contributed by atoms with E-state index in [1.54, 1.807) is 43.3 Å². The molecule has 0 saturated heterocycles. The fourth-order valence-electron chi connectivity index (χ4n) is 2.14. The lowest BCUT2D eigenvalue weighted by Crippen LogP contribution is -2.21. The SMILES string of the molecule is CC(=O)Nc1ccc(CC(=O)OCC(=O)Nc2ccc(C)c(F)c2)cc1. The van der Waals surface area contributed by atoms with Crippen LogP contribution in [0.5, 0.6) is 0 Å². The molecule has 0 bridgehead atoms. The number of halogens is 1. The van der Waals surface area contributed by atoms with E-state index in [4.69, 9.17) is 4.74 Å². The van der Waals surface area contributed by atoms with Crippen molar-refractivity contribution < 1.29 is 23.5 Å². The molecular formula is C19H19FN2O4. The van der Waals surface area contributed by atoms with Crippen LogP contribution in [0.4, 0.5) is 15.8 Å². The standard InChI is InChI=1S/C19H19FN2O4/c1-12-3-6-16(10-17(12)20)22-18(24)11-26-19(25)9-14-4-7-15(8-5-14)21-13(2)23/h3-8,10H,9,11H2,1-2H3,(H,21,23)(H,22,24). The average Bonchev–Trinajstić information content (AvgIpc) is 2.58. The minimum absolute atomic E-state index is 0.00715. The van der Waals surface area contributed by atoms with E-state index in [0.29, 0.717) is 22.5 Å². The van der Waals surface area contributed by atoms with Gasteiger partial charge in [-0.25, -0.2) is 4.39 Å². The van der Waals surface area contributed by atoms with Gasteiger partial charge in [-0.1, -0.05) is 18.2 Å². The number of carbonyl (C=O) groups excluding carboxylic acids is 3. The molecule has 136 valence electrons. The van der Waals surface area contributed by atoms with Crippen LogP contribution in [0.3, 0.4) is 0 Å². The van der Waals surface area contributed by atoms with Crippen molar-refractivity contribution in [2.75, 3.05) is 17.2 Å². The van der Waals surface area contributed by atoms with Crippen LogP contribution >= 0.6 is 0 Å². The van der Waals surface area contributed by atoms with E-state index in [9.17, 15) is 18.8 Å². The van der Waals surface area contributed by atoms with Crippen molar-refractivity contribution in [3.05, 3.63) is 59.4 Å². The normalized spacial score (nSPS) is 10.1. The third-order valence-electron chi connectivity index (χ3n) is 3.44. The zero-order valence-electron chi connectivity index (χ0n) is 14.5. The maximum absolute atomic E-state index is 13.4. The van der Waals surface area contributed by atoms with Crippen LogP contribution in [-0.2, 0) is 25.5 Å². The molecule has 6 nitrogen and oxygen atoms in total. The number of aryl methyl sites for hydroxylation is 1. The second-order valence-electron chi connectivity index (χ2n) is 5.73. The molecule has 2 aromatic rings. The van der Waals surface area contributed by atoms with Gasteiger partial charge in [0.25, 0.3) is 5.91 Å². The Bertz CT molecular complexity index is 819. The summed E-state index contributed by atoms with van der Waals surface area (Å²) in [7, 11) is 0. The Morgan fingerprint density at radius 2 is 1.65 bits per heavy atom. The molecule has 0 aliphatic rings. The van der Waals surface area contributed by atoms with Gasteiger partial charge in [0, 0.05) is 18.3 Å². The van der Waals surface area contributed by atoms with Crippen LogP contribution in [-0.4, -0.2) is 24.4 Å². The topological polar surface area (TPSA) is 84.5 Å². The fraction of sp³-hybridized carbons (Fsp3) is 0.211. The molecule has 26 heavy (non-hydrogen) atoms. The smallest absolute Gasteiger partial charge is 0.310 e. The zero-order valence-corrected chi connectivity index (χ0v) is 14.5. The third-order valence-corrected chi connectivity index (χ3v) is 3.44. The quantitative estimate of drug-likeness (QED) is 0.778. The Hall–Kier alpha value is -3.22. The van der Waals surface area contributed by atoms with Crippen molar-refractivity contribution in [3.63, 3.8) is 0 Å². The maximum Gasteiger partial charge on any atom is 0.310 e. The molecule has 0 fully saturated rings. The Labute approximate surface area is 150 Å². The van der Waals surface area contributed by atoms with Crippen molar-refractivity contribution in [1.29, 1.82) is 0 Å². The number of hydrogen-bond donors (Lipinski definition) is 2. The number of carbonyl (C=O) groups is 3. The summed E-state index contributed by atoms with van der Waals surface area (Å²) in [5.74, 6) is -1.73. The number of nitrogens with one attached hydrogen (secondary N) is 2. The highest BCUT2D eigenvalue weighted by molar-refractivity contribution is 5.93. The molecule has 0 unspecified atom stereocenters. The summed E-state index contributed by atoms with van der Waals surface area (Å²) in [5, 5.41) is 5.08. The summed E-state index contributed by atoms with van der Waals surface area (Å²) in [6.45, 7) is 2.56. The number of anilines is 2. The number of ether oxygens (including phenoxy) is 1. The molecular weight excluding hydrogens is 339 g/mol. The van der Waals surface area contributed by atoms with Crippen molar-refractivity contribution >= 4 is 29.2 Å². The van der Waals surface area contributed by atoms with Gasteiger partial charge in [-0.15, -0.1) is 0 Å². The second-order valence-corrected chi connectivity index (χ2v) is 5.73. The molecule has 0 aliphatic heterocycles. The van der Waals surface area contributed by atoms with Crippen molar-refractivity contribution in [2.45, 2.75) is 20.3 Å². The summed E-state index contributed by atoms with van der Waals surface area (Å²) < 4.78 is 18.3. The minimum Gasteiger partial charge on any atom is -0.455 e. The predicted octanol–water partition coefficient (Wildman–Crippen LogP) is 2.82. The number of esters is 1. The number of benzene rings is 2. The molecule has 2 amide bonds. The summed E-state index contributed by atoms with van der Waals surface area (Å²) in [6.07, 6.45) is -0.00715. The van der Waals surface area contributed by atoms with Crippen molar-refractivity contribution in [3.8, 4) is 0 Å². The van der Waals surface area contributed by atoms with Crippen LogP contribution in [0.2, 0.25) is 0 Å². The van der Waals surface area contributed by atoms with Crippen LogP contribution in [0, 0.1) is 12.7 Å². The third kappa shape index (κ3) is 6.01. The van der Waals surface area contributed by atoms with Gasteiger partial charge in [0.2, 0.25) is 5.91 Å². The van der Waals surface area contributed by atoms with Crippen molar-refractivity contribution in [1.82, 2.24) is 0 Å². The molecule has 0 heterocycles. The van der Waals surface area contributed by atoms with Crippen LogP contribution in [0.25, 0.3) is 0 Å². The molecule has 0 aliphatic carbocycles. The number of rotatable bonds is 6. The van der Waals surface area contributed by atoms with Gasteiger partial charge in [0.15, 0.2) is 6.61 Å². The Kier molecular flexibility index (Phi) is 6.43. The largest absolute Gasteiger partial charge is 0.455 e. The van der Waals surface area contributed by atoms with Gasteiger partial charge >= 0.3 is 5.97 Å². The van der Waals surface area contributed by atoms with Gasteiger partial charge < -0.3 is 15.4 Å². The lowest BCUT2D eigenvalue weighted by molar-refractivity contribution is -0.146. The maximum atomic E-state index is 13.4. The molecule has 0 radical (unpaired) electrons. The van der Waals surface area contributed by atoms with Crippen LogP contribution < -0.4 is 10.6 Å². The molecule has 7 heteroatoms. The van der Waals surface area contributed by atoms with Gasteiger partial charge in [-0.2, -0.15) is 0 Å². The van der Waals surface area contributed by atoms with Crippen molar-refractivity contribution in [2.24, 2.45) is 0 Å². The summed E-state index contributed by atoms with van der Waals surface area (Å²) >= 11 is 0. The number of hydrogen-bond acceptors (Lipinski definition) is 4. The van der Waals surface area contributed by atoms with Gasteiger partial charge in [0.1, 0.15) is 5.82 Å². The molecule has 0 saturated carbocycles. The van der Waals surface area contributed by atoms with E-state index in [1.807, 2.05) is 0 Å². The molecule has 2 N–H and O–H groups in total. The van der Waals surface area contributed by atoms with E-state index >= 15 is 0 Å². The first-order chi connectivity index (χ1) is 12.3. The van der Waals surface area contributed by atoms with E-state index in [0.717, 1.165) is 0 Å². The van der Waals surface area contributed by atoms with Gasteiger partial charge in [0.05, 0.1) is 6.42 Å². The van der Waals surface area contributed by atoms with E-state index in [-0.39, 0.29) is 12.3 Å². The summed E-state index contributed by atoms with van der Waals surface area (Å²) in [5.41, 5.74) is 2.08. The molecule has 0 atom stereocenters. The zero-order chi connectivity index (χ0) is 19.1. The lowest BCUT2D eigenvalue weighted by Gasteiger charge is -2.08. The number of amides is 2. The molecule has 2 rings (SSSR count). The van der Waals surface area contributed by atoms with Crippen LogP contribution in [0.1, 0.15) is 18.1 Å². The minimum atomic E-state index is -0.567. The van der Waals surface area contributed by atoms with Gasteiger partial charge in [-0.05, 0) is 42.3 Å². The monoisotopic (exact) mass is 358 g/mol. The lowest BCUT2D eigenvalue weighted by atomic mass is 10.1. The summed E-state index contributed by atoms with van der Waals surface area (Å²) in [6, 6.07) is 11.0.